The summed E-state index contributed by atoms with van der Waals surface area (Å²) in [6.07, 6.45) is -0.313. The summed E-state index contributed by atoms with van der Waals surface area (Å²) in [5, 5.41) is 26.2. The van der Waals surface area contributed by atoms with Crippen LogP contribution in [-0.4, -0.2) is 60.0 Å². The minimum Gasteiger partial charge on any atom is -0.389 e. The maximum Gasteiger partial charge on any atom is 0.268 e. The number of nitrogens with one attached hydrogen (secondary N) is 3. The fraction of sp³-hybridized carbons (Fsp3) is 0.444. The zero-order valence-corrected chi connectivity index (χ0v) is 21.0. The van der Waals surface area contributed by atoms with Crippen LogP contribution in [0.5, 0.6) is 0 Å². The summed E-state index contributed by atoms with van der Waals surface area (Å²) in [7, 11) is 0. The molecule has 2 heterocycles. The number of amides is 2. The molecule has 4 atom stereocenters. The normalized spacial score (nSPS) is 21.6. The minimum absolute atomic E-state index is 0.00296. The van der Waals surface area contributed by atoms with E-state index in [-0.39, 0.29) is 30.5 Å². The van der Waals surface area contributed by atoms with E-state index in [4.69, 9.17) is 0 Å². The van der Waals surface area contributed by atoms with E-state index >= 15 is 0 Å². The zero-order valence-electron chi connectivity index (χ0n) is 21.0. The van der Waals surface area contributed by atoms with Crippen molar-refractivity contribution in [1.29, 1.82) is 0 Å². The molecule has 1 unspecified atom stereocenters. The van der Waals surface area contributed by atoms with Gasteiger partial charge in [0.2, 0.25) is 0 Å². The van der Waals surface area contributed by atoms with Gasteiger partial charge in [-0.2, -0.15) is 10.1 Å². The SMILES string of the molecule is CC(C)C[C@H]1CN[C@@H]([C@H](O)C(Cc2cc(F)cc(F)c2)NC(=O)C2=NN(c3ccccc3)C(=O)C2)CN1. The molecular formula is C27H33F2N5O3. The highest BCUT2D eigenvalue weighted by atomic mass is 19.1. The molecule has 37 heavy (non-hydrogen) atoms. The summed E-state index contributed by atoms with van der Waals surface area (Å²) in [6, 6.07) is 10.8. The molecule has 2 amide bonds. The number of aliphatic hydroxyl groups is 1. The maximum absolute atomic E-state index is 13.9. The molecule has 2 aromatic rings. The van der Waals surface area contributed by atoms with Gasteiger partial charge in [-0.25, -0.2) is 8.78 Å². The number of para-hydroxylation sites is 1. The smallest absolute Gasteiger partial charge is 0.268 e. The lowest BCUT2D eigenvalue weighted by molar-refractivity contribution is -0.119. The summed E-state index contributed by atoms with van der Waals surface area (Å²) in [5.41, 5.74) is 0.831. The van der Waals surface area contributed by atoms with E-state index in [0.29, 0.717) is 30.3 Å². The molecule has 198 valence electrons. The molecular weight excluding hydrogens is 480 g/mol. The molecule has 0 radical (unpaired) electrons. The number of halogens is 2. The van der Waals surface area contributed by atoms with Gasteiger partial charge in [0.05, 0.1) is 24.3 Å². The second kappa shape index (κ2) is 11.9. The van der Waals surface area contributed by atoms with E-state index in [2.05, 4.69) is 34.9 Å². The Balaban J connectivity index is 1.50. The molecule has 2 aliphatic heterocycles. The van der Waals surface area contributed by atoms with Gasteiger partial charge >= 0.3 is 0 Å². The molecule has 0 saturated carbocycles. The maximum atomic E-state index is 13.9. The number of carbonyl (C=O) groups excluding carboxylic acids is 2. The average molecular weight is 514 g/mol. The molecule has 2 aliphatic rings. The van der Waals surface area contributed by atoms with Gasteiger partial charge in [0, 0.05) is 31.2 Å². The minimum atomic E-state index is -1.08. The van der Waals surface area contributed by atoms with Gasteiger partial charge in [-0.1, -0.05) is 32.0 Å². The fourth-order valence-electron chi connectivity index (χ4n) is 4.81. The summed E-state index contributed by atoms with van der Waals surface area (Å²) in [4.78, 5) is 25.7. The Morgan fingerprint density at radius 2 is 1.84 bits per heavy atom. The predicted molar refractivity (Wildman–Crippen MR) is 137 cm³/mol. The van der Waals surface area contributed by atoms with Crippen molar-refractivity contribution in [2.75, 3.05) is 18.1 Å². The number of carbonyl (C=O) groups is 2. The van der Waals surface area contributed by atoms with Crippen LogP contribution in [0.15, 0.2) is 53.6 Å². The van der Waals surface area contributed by atoms with Gasteiger partial charge in [0.1, 0.15) is 17.3 Å². The van der Waals surface area contributed by atoms with Crippen LogP contribution >= 0.6 is 0 Å². The summed E-state index contributed by atoms with van der Waals surface area (Å²) >= 11 is 0. The van der Waals surface area contributed by atoms with E-state index in [0.717, 1.165) is 12.5 Å². The van der Waals surface area contributed by atoms with Crippen LogP contribution in [0.4, 0.5) is 14.5 Å². The third-order valence-electron chi connectivity index (χ3n) is 6.57. The van der Waals surface area contributed by atoms with Gasteiger partial charge in [0.25, 0.3) is 11.8 Å². The number of aliphatic hydroxyl groups excluding tert-OH is 1. The van der Waals surface area contributed by atoms with Gasteiger partial charge in [-0.05, 0) is 48.6 Å². The van der Waals surface area contributed by atoms with Crippen molar-refractivity contribution in [1.82, 2.24) is 16.0 Å². The molecule has 4 N–H and O–H groups in total. The van der Waals surface area contributed by atoms with E-state index in [1.165, 1.54) is 17.1 Å². The van der Waals surface area contributed by atoms with Crippen molar-refractivity contribution in [3.05, 3.63) is 65.7 Å². The molecule has 4 rings (SSSR count). The number of anilines is 1. The first-order chi connectivity index (χ1) is 17.7. The van der Waals surface area contributed by atoms with Gasteiger partial charge in [-0.15, -0.1) is 0 Å². The van der Waals surface area contributed by atoms with Crippen molar-refractivity contribution in [2.45, 2.75) is 57.3 Å². The quantitative estimate of drug-likeness (QED) is 0.411. The van der Waals surface area contributed by atoms with Crippen LogP contribution < -0.4 is 21.0 Å². The number of hydrazone groups is 1. The lowest BCUT2D eigenvalue weighted by atomic mass is 9.93. The van der Waals surface area contributed by atoms with Crippen LogP contribution in [0.2, 0.25) is 0 Å². The Morgan fingerprint density at radius 3 is 2.46 bits per heavy atom. The largest absolute Gasteiger partial charge is 0.389 e. The van der Waals surface area contributed by atoms with Gasteiger partial charge in [0.15, 0.2) is 0 Å². The van der Waals surface area contributed by atoms with Crippen molar-refractivity contribution < 1.29 is 23.5 Å². The standard InChI is InChI=1S/C27H33F2N5O3/c1-16(2)8-20-14-31-24(15-30-20)26(36)22(11-17-9-18(28)12-19(29)10-17)32-27(37)23-13-25(35)34(33-23)21-6-4-3-5-7-21/h3-7,9-10,12,16,20,22,24,26,30-31,36H,8,11,13-15H2,1-2H3,(H,32,37)/t20-,22?,24+,26+/m0/s1. The number of nitrogens with zero attached hydrogens (tertiary/aromatic N) is 2. The second-order valence-corrected chi connectivity index (χ2v) is 10.1. The molecule has 0 aliphatic carbocycles. The lowest BCUT2D eigenvalue weighted by Gasteiger charge is -2.37. The molecule has 8 nitrogen and oxygen atoms in total. The van der Waals surface area contributed by atoms with E-state index in [1.807, 2.05) is 6.07 Å². The van der Waals surface area contributed by atoms with Crippen LogP contribution in [0, 0.1) is 17.6 Å². The highest BCUT2D eigenvalue weighted by Crippen LogP contribution is 2.21. The number of piperazine rings is 1. The summed E-state index contributed by atoms with van der Waals surface area (Å²) in [5.74, 6) is -1.94. The first kappa shape index (κ1) is 26.8. The highest BCUT2D eigenvalue weighted by Gasteiger charge is 2.35. The summed E-state index contributed by atoms with van der Waals surface area (Å²) in [6.45, 7) is 5.38. The number of hydrogen-bond donors (Lipinski definition) is 4. The van der Waals surface area contributed by atoms with E-state index in [9.17, 15) is 23.5 Å². The highest BCUT2D eigenvalue weighted by molar-refractivity contribution is 6.44. The van der Waals surface area contributed by atoms with Crippen LogP contribution in [0.25, 0.3) is 0 Å². The topological polar surface area (TPSA) is 106 Å². The Bertz CT molecular complexity index is 1120. The number of benzene rings is 2. The van der Waals surface area contributed by atoms with Gasteiger partial charge in [-0.3, -0.25) is 9.59 Å². The van der Waals surface area contributed by atoms with E-state index < -0.39 is 35.7 Å². The molecule has 0 spiro atoms. The molecule has 2 aromatic carbocycles. The Hall–Kier alpha value is -3.21. The van der Waals surface area contributed by atoms with Crippen molar-refractivity contribution >= 4 is 23.2 Å². The van der Waals surface area contributed by atoms with Crippen LogP contribution in [0.1, 0.15) is 32.3 Å². The summed E-state index contributed by atoms with van der Waals surface area (Å²) < 4.78 is 27.7. The lowest BCUT2D eigenvalue weighted by Crippen LogP contribution is -2.63. The third-order valence-corrected chi connectivity index (χ3v) is 6.57. The second-order valence-electron chi connectivity index (χ2n) is 10.1. The van der Waals surface area contributed by atoms with E-state index in [1.54, 1.807) is 24.3 Å². The molecule has 1 fully saturated rings. The molecule has 0 aromatic heterocycles. The molecule has 0 bridgehead atoms. The van der Waals surface area contributed by atoms with Crippen molar-refractivity contribution in [2.24, 2.45) is 11.0 Å². The zero-order chi connectivity index (χ0) is 26.5. The van der Waals surface area contributed by atoms with Gasteiger partial charge < -0.3 is 21.1 Å². The third kappa shape index (κ3) is 6.97. The van der Waals surface area contributed by atoms with Crippen LogP contribution in [-0.2, 0) is 16.0 Å². The first-order valence-corrected chi connectivity index (χ1v) is 12.6. The Labute approximate surface area is 215 Å². The number of hydrogen-bond acceptors (Lipinski definition) is 6. The monoisotopic (exact) mass is 513 g/mol. The average Bonchev–Trinajstić information content (AvgIpc) is 3.25. The Morgan fingerprint density at radius 1 is 1.14 bits per heavy atom. The van der Waals surface area contributed by atoms with Crippen LogP contribution in [0.3, 0.4) is 0 Å². The molecule has 10 heteroatoms. The Kier molecular flexibility index (Phi) is 8.63. The fourth-order valence-corrected chi connectivity index (χ4v) is 4.81. The number of rotatable bonds is 9. The molecule has 1 saturated heterocycles. The predicted octanol–water partition coefficient (Wildman–Crippen LogP) is 2.12. The first-order valence-electron chi connectivity index (χ1n) is 12.6. The van der Waals surface area contributed by atoms with Crippen molar-refractivity contribution in [3.63, 3.8) is 0 Å². The van der Waals surface area contributed by atoms with Crippen molar-refractivity contribution in [3.8, 4) is 0 Å².